The maximum Gasteiger partial charge on any atom is 0.325 e. The number of amides is 13. The van der Waals surface area contributed by atoms with E-state index in [1.54, 1.807) is 12.1 Å². The molecule has 0 aliphatic heterocycles. The number of benzene rings is 1. The molecular weight excluding hydrogens is 1650 g/mol. The molecule has 0 saturated carbocycles. The first-order chi connectivity index (χ1) is 59.6. The summed E-state index contributed by atoms with van der Waals surface area (Å²) in [6.07, 6.45) is -1.85. The van der Waals surface area contributed by atoms with Crippen molar-refractivity contribution in [1.29, 1.82) is 37.9 Å². The number of carbonyl (C=O) groups excluding carboxylic acids is 13. The molecule has 0 bridgehead atoms. The fourth-order valence-electron chi connectivity index (χ4n) is 12.0. The first kappa shape index (κ1) is 110. The standard InChI is InChI=1S/C73H135N37O16/c1-39(66(125)126)100-56(115)46(16-7-31-93-68(80)81)104-60(119)47(17-8-32-94-69(82)83)106-62(121)49(19-10-34-96-71(86)87)107-63(122)50(20-11-35-97-72(88)89)109-65(124)52(26-27-53(77)112)110-64(123)51(21-12-36-98-73(90)91)108-61(120)48(18-9-33-95-70(84)85)105-59(118)45(14-3-5-29-75)103-58(117)44(13-2-4-28-74)102-57(116)43(15-6-30-92-67(78)79)101-54(113)38-99-55(114)42(76)37-40-22-24-41(111)25-23-40/h22-25,39,42-52,111H,2-21,26-38,74-76H2,1H3,(H2,77,112)(H,99,114)(H,100,115)(H,101,113)(H,102,116)(H,103,117)(H,104,119)(H,105,118)(H,106,121)(H,107,122)(H,108,120)(H,109,124)(H,110,123)(H,125,126)(H4,78,79,92)(H4,80,81,93)(H4,82,83,94)(H4,84,85,95)(H4,86,87,96)(H4,88,89,97)(H4,90,91,98)/t39-,42-,43-,44-,45-,46-,47-,48-,49-,50-,51-,52-/m0/s1. The van der Waals surface area contributed by atoms with Gasteiger partial charge in [0.25, 0.3) is 0 Å². The summed E-state index contributed by atoms with van der Waals surface area (Å²) in [7, 11) is 0. The molecule has 0 spiro atoms. The lowest BCUT2D eigenvalue weighted by Gasteiger charge is -2.29. The molecule has 0 aliphatic rings. The van der Waals surface area contributed by atoms with Gasteiger partial charge in [0, 0.05) is 52.2 Å². The molecule has 0 radical (unpaired) electrons. The zero-order valence-corrected chi connectivity index (χ0v) is 71.0. The van der Waals surface area contributed by atoms with Gasteiger partial charge < -0.3 is 174 Å². The maximum atomic E-state index is 15.0. The molecule has 1 aromatic rings. The van der Waals surface area contributed by atoms with Gasteiger partial charge in [-0.1, -0.05) is 12.1 Å². The molecule has 0 aromatic heterocycles. The molecule has 0 aliphatic carbocycles. The second-order valence-electron chi connectivity index (χ2n) is 29.4. The highest BCUT2D eigenvalue weighted by Gasteiger charge is 2.37. The van der Waals surface area contributed by atoms with E-state index in [1.807, 2.05) is 0 Å². The number of hydrogen-bond donors (Lipinski definition) is 39. The molecule has 0 unspecified atom stereocenters. The van der Waals surface area contributed by atoms with Crippen LogP contribution in [0.1, 0.15) is 154 Å². The van der Waals surface area contributed by atoms with Crippen molar-refractivity contribution < 1.29 is 77.3 Å². The number of carboxylic acid groups (broad SMARTS) is 1. The van der Waals surface area contributed by atoms with Crippen molar-refractivity contribution in [2.75, 3.05) is 65.4 Å². The number of hydrogen-bond acceptors (Lipinski definition) is 25. The number of phenolic OH excluding ortho intramolecular Hbond substituents is 1. The zero-order valence-electron chi connectivity index (χ0n) is 71.0. The maximum absolute atomic E-state index is 15.0. The molecule has 1 aromatic carbocycles. The molecule has 53 heteroatoms. The van der Waals surface area contributed by atoms with E-state index in [-0.39, 0.29) is 193 Å². The number of aromatic hydroxyl groups is 1. The van der Waals surface area contributed by atoms with E-state index < -0.39 is 210 Å². The summed E-state index contributed by atoms with van der Waals surface area (Å²) in [5.74, 6) is -17.3. The van der Waals surface area contributed by atoms with Crippen LogP contribution in [0, 0.1) is 37.9 Å². The van der Waals surface area contributed by atoms with Gasteiger partial charge in [-0.3, -0.25) is 105 Å². The van der Waals surface area contributed by atoms with E-state index >= 15 is 0 Å². The lowest BCUT2D eigenvalue weighted by molar-refractivity contribution is -0.142. The zero-order chi connectivity index (χ0) is 94.8. The molecular formula is C73H135N37O16. The smallest absolute Gasteiger partial charge is 0.325 e. The number of unbranched alkanes of at least 4 members (excludes halogenated alkanes) is 2. The second kappa shape index (κ2) is 62.5. The number of aliphatic carboxylic acids is 1. The van der Waals surface area contributed by atoms with E-state index in [9.17, 15) is 77.3 Å². The summed E-state index contributed by atoms with van der Waals surface area (Å²) >= 11 is 0. The highest BCUT2D eigenvalue weighted by Crippen LogP contribution is 2.15. The van der Waals surface area contributed by atoms with Crippen molar-refractivity contribution in [3.05, 3.63) is 29.8 Å². The van der Waals surface area contributed by atoms with Crippen LogP contribution in [0.15, 0.2) is 24.3 Å². The van der Waals surface area contributed by atoms with Crippen molar-refractivity contribution >= 4 is 124 Å². The normalized spacial score (nSPS) is 13.6. The van der Waals surface area contributed by atoms with Gasteiger partial charge in [0.05, 0.1) is 12.6 Å². The van der Waals surface area contributed by atoms with Gasteiger partial charge in [-0.25, -0.2) is 0 Å². The Balaban J connectivity index is 4.03. The largest absolute Gasteiger partial charge is 0.508 e. The Morgan fingerprint density at radius 1 is 0.310 bits per heavy atom. The molecule has 1 rings (SSSR count). The molecule has 13 amide bonds. The Hall–Kier alpha value is -13.6. The van der Waals surface area contributed by atoms with Crippen LogP contribution in [0.4, 0.5) is 0 Å². The monoisotopic (exact) mass is 1790 g/mol. The number of carbonyl (C=O) groups is 14. The summed E-state index contributed by atoms with van der Waals surface area (Å²) in [5.41, 5.74) is 62.7. The molecule has 0 saturated heterocycles. The Morgan fingerprint density at radius 2 is 0.532 bits per heavy atom. The fraction of sp³-hybridized carbons (Fsp3) is 0.630. The van der Waals surface area contributed by atoms with Crippen LogP contribution in [0.3, 0.4) is 0 Å². The molecule has 126 heavy (non-hydrogen) atoms. The average molecular weight is 1790 g/mol. The molecule has 708 valence electrons. The summed E-state index contributed by atoms with van der Waals surface area (Å²) in [4.78, 5) is 197. The Bertz CT molecular complexity index is 3770. The third-order valence-electron chi connectivity index (χ3n) is 18.7. The van der Waals surface area contributed by atoms with E-state index in [4.69, 9.17) is 101 Å². The van der Waals surface area contributed by atoms with Crippen LogP contribution in [-0.4, -0.2) is 273 Å². The lowest BCUT2D eigenvalue weighted by Crippen LogP contribution is -2.61. The third-order valence-corrected chi connectivity index (χ3v) is 18.7. The SMILES string of the molecule is C[C@H](NC(=O)[C@H](CCCNC(=N)N)NC(=O)[C@H](CCCNC(=N)N)NC(=O)[C@H](CCCNC(=N)N)NC(=O)[C@H](CCCNC(=N)N)NC(=O)[C@H](CCC(N)=O)NC(=O)[C@H](CCCNC(=N)N)NC(=O)[C@H](CCCNC(=N)N)NC(=O)[C@H](CCCCN)NC(=O)[C@H](CCCCN)NC(=O)[C@H](CCCNC(=N)N)NC(=O)CNC(=O)[C@@H](N)Cc1ccc(O)cc1)C(=O)O. The number of rotatable bonds is 66. The fourth-order valence-corrected chi connectivity index (χ4v) is 12.0. The van der Waals surface area contributed by atoms with Crippen LogP contribution in [0.5, 0.6) is 5.75 Å². The number of carboxylic acids is 1. The number of primary amides is 1. The highest BCUT2D eigenvalue weighted by molar-refractivity contribution is 6.00. The number of phenols is 1. The first-order valence-corrected chi connectivity index (χ1v) is 41.2. The molecule has 50 N–H and O–H groups in total. The Kier molecular flexibility index (Phi) is 54.7. The predicted molar refractivity (Wildman–Crippen MR) is 466 cm³/mol. The summed E-state index contributed by atoms with van der Waals surface area (Å²) in [6, 6.07) is -12.4. The van der Waals surface area contributed by atoms with Crippen molar-refractivity contribution in [2.24, 2.45) is 63.1 Å². The van der Waals surface area contributed by atoms with Crippen LogP contribution >= 0.6 is 0 Å². The van der Waals surface area contributed by atoms with Crippen molar-refractivity contribution in [3.8, 4) is 5.75 Å². The van der Waals surface area contributed by atoms with Crippen molar-refractivity contribution in [1.82, 2.24) is 101 Å². The quantitative estimate of drug-likeness (QED) is 0.0164. The number of nitrogens with one attached hydrogen (secondary N) is 26. The van der Waals surface area contributed by atoms with Gasteiger partial charge in [-0.15, -0.1) is 0 Å². The second-order valence-corrected chi connectivity index (χ2v) is 29.4. The van der Waals surface area contributed by atoms with E-state index in [2.05, 4.69) is 101 Å². The minimum Gasteiger partial charge on any atom is -0.508 e. The minimum absolute atomic E-state index is 0.00872. The van der Waals surface area contributed by atoms with Crippen LogP contribution < -0.4 is 164 Å². The van der Waals surface area contributed by atoms with Crippen LogP contribution in [0.2, 0.25) is 0 Å². The van der Waals surface area contributed by atoms with E-state index in [1.165, 1.54) is 19.1 Å². The first-order valence-electron chi connectivity index (χ1n) is 41.2. The minimum atomic E-state index is -1.81. The van der Waals surface area contributed by atoms with Crippen LogP contribution in [-0.2, 0) is 73.5 Å². The average Bonchev–Trinajstić information content (AvgIpc) is 0.855. The topological polar surface area (TPSA) is 961 Å². The van der Waals surface area contributed by atoms with Gasteiger partial charge in [0.1, 0.15) is 72.2 Å². The van der Waals surface area contributed by atoms with Gasteiger partial charge in [-0.2, -0.15) is 0 Å². The van der Waals surface area contributed by atoms with Crippen molar-refractivity contribution in [3.63, 3.8) is 0 Å². The number of guanidine groups is 7. The Labute approximate surface area is 729 Å². The predicted octanol–water partition coefficient (Wildman–Crippen LogP) is -11.8. The van der Waals surface area contributed by atoms with Gasteiger partial charge >= 0.3 is 5.97 Å². The molecule has 12 atom stereocenters. The third kappa shape index (κ3) is 50.7. The highest BCUT2D eigenvalue weighted by atomic mass is 16.4. The van der Waals surface area contributed by atoms with Gasteiger partial charge in [0.15, 0.2) is 41.7 Å². The summed E-state index contributed by atoms with van der Waals surface area (Å²) < 4.78 is 0. The summed E-state index contributed by atoms with van der Waals surface area (Å²) in [6.45, 7) is 0.594. The summed E-state index contributed by atoms with van der Waals surface area (Å²) in [5, 5.41) is 121. The van der Waals surface area contributed by atoms with Gasteiger partial charge in [0.2, 0.25) is 76.8 Å². The Morgan fingerprint density at radius 3 is 0.754 bits per heavy atom. The van der Waals surface area contributed by atoms with E-state index in [0.29, 0.717) is 18.4 Å². The lowest BCUT2D eigenvalue weighted by atomic mass is 10.0. The molecule has 0 heterocycles. The number of nitrogens with two attached hydrogens (primary N) is 11. The van der Waals surface area contributed by atoms with Gasteiger partial charge in [-0.05, 0) is 179 Å². The molecule has 0 fully saturated rings. The van der Waals surface area contributed by atoms with Crippen LogP contribution in [0.25, 0.3) is 0 Å². The van der Waals surface area contributed by atoms with Crippen molar-refractivity contribution in [2.45, 2.75) is 227 Å². The molecule has 53 nitrogen and oxygen atoms in total. The van der Waals surface area contributed by atoms with E-state index in [0.717, 1.165) is 0 Å².